The molecule has 0 spiro atoms. The first-order valence-corrected chi connectivity index (χ1v) is 8.64. The minimum Gasteiger partial charge on any atom is -0.381 e. The molecular formula is C18H31N3O2. The van der Waals surface area contributed by atoms with Crippen molar-refractivity contribution in [2.75, 3.05) is 38.3 Å². The van der Waals surface area contributed by atoms with Crippen LogP contribution in [0.1, 0.15) is 52.1 Å². The first-order valence-electron chi connectivity index (χ1n) is 8.64. The number of aromatic nitrogens is 2. The van der Waals surface area contributed by atoms with Crippen LogP contribution in [-0.2, 0) is 21.5 Å². The van der Waals surface area contributed by atoms with Gasteiger partial charge in [0.05, 0.1) is 18.9 Å². The van der Waals surface area contributed by atoms with Crippen LogP contribution in [0.15, 0.2) is 6.07 Å². The Kier molecular flexibility index (Phi) is 6.36. The molecule has 1 aromatic heterocycles. The number of ether oxygens (including phenoxy) is 2. The van der Waals surface area contributed by atoms with Gasteiger partial charge in [0.2, 0.25) is 0 Å². The van der Waals surface area contributed by atoms with Crippen LogP contribution in [0.4, 0.5) is 5.82 Å². The van der Waals surface area contributed by atoms with E-state index >= 15 is 0 Å². The van der Waals surface area contributed by atoms with Crippen LogP contribution in [-0.4, -0.2) is 43.4 Å². The number of piperidine rings is 1. The third kappa shape index (κ3) is 5.15. The largest absolute Gasteiger partial charge is 0.381 e. The van der Waals surface area contributed by atoms with Gasteiger partial charge in [0.15, 0.2) is 0 Å². The predicted octanol–water partition coefficient (Wildman–Crippen LogP) is 3.17. The summed E-state index contributed by atoms with van der Waals surface area (Å²) in [6, 6.07) is 2.07. The van der Waals surface area contributed by atoms with Crippen molar-refractivity contribution >= 4 is 5.82 Å². The fourth-order valence-electron chi connectivity index (χ4n) is 2.90. The van der Waals surface area contributed by atoms with E-state index in [-0.39, 0.29) is 5.41 Å². The molecule has 0 unspecified atom stereocenters. The average Bonchev–Trinajstić information content (AvgIpc) is 2.52. The predicted molar refractivity (Wildman–Crippen MR) is 92.9 cm³/mol. The molecule has 0 N–H and O–H groups in total. The molecule has 0 bridgehead atoms. The van der Waals surface area contributed by atoms with Crippen molar-refractivity contribution in [3.8, 4) is 0 Å². The monoisotopic (exact) mass is 321 g/mol. The molecule has 1 saturated heterocycles. The van der Waals surface area contributed by atoms with E-state index in [4.69, 9.17) is 14.5 Å². The minimum atomic E-state index is -0.0704. The summed E-state index contributed by atoms with van der Waals surface area (Å²) in [4.78, 5) is 11.9. The standard InChI is InChI=1S/C18H31N3O2/c1-6-23-12-14-8-7-9-21(11-14)16-10-15(13-22-5)19-17(20-16)18(2,3)4/h10,14H,6-9,11-13H2,1-5H3/t14-/m1/s1. The van der Waals surface area contributed by atoms with E-state index in [1.165, 1.54) is 12.8 Å². The van der Waals surface area contributed by atoms with Crippen LogP contribution in [0.5, 0.6) is 0 Å². The van der Waals surface area contributed by atoms with Crippen LogP contribution in [0.2, 0.25) is 0 Å². The molecule has 1 aliphatic heterocycles. The van der Waals surface area contributed by atoms with Gasteiger partial charge < -0.3 is 14.4 Å². The Hall–Kier alpha value is -1.20. The normalized spacial score (nSPS) is 19.2. The summed E-state index contributed by atoms with van der Waals surface area (Å²) >= 11 is 0. The molecule has 5 heteroatoms. The molecule has 1 fully saturated rings. The molecule has 0 saturated carbocycles. The number of anilines is 1. The molecule has 2 heterocycles. The fraction of sp³-hybridized carbons (Fsp3) is 0.778. The summed E-state index contributed by atoms with van der Waals surface area (Å²) in [5.74, 6) is 2.50. The van der Waals surface area contributed by atoms with Crippen molar-refractivity contribution in [1.82, 2.24) is 9.97 Å². The van der Waals surface area contributed by atoms with Crippen LogP contribution in [0.3, 0.4) is 0 Å². The van der Waals surface area contributed by atoms with Crippen molar-refractivity contribution in [2.24, 2.45) is 5.92 Å². The zero-order valence-electron chi connectivity index (χ0n) is 15.3. The van der Waals surface area contributed by atoms with E-state index in [1.54, 1.807) is 7.11 Å². The third-order valence-corrected chi connectivity index (χ3v) is 4.13. The Labute approximate surface area is 140 Å². The van der Waals surface area contributed by atoms with Crippen LogP contribution in [0, 0.1) is 5.92 Å². The number of methoxy groups -OCH3 is 1. The Balaban J connectivity index is 2.21. The molecule has 23 heavy (non-hydrogen) atoms. The van der Waals surface area contributed by atoms with Crippen molar-refractivity contribution in [1.29, 1.82) is 0 Å². The maximum Gasteiger partial charge on any atom is 0.136 e. The van der Waals surface area contributed by atoms with E-state index in [2.05, 4.69) is 43.6 Å². The number of rotatable bonds is 6. The highest BCUT2D eigenvalue weighted by Gasteiger charge is 2.24. The summed E-state index contributed by atoms with van der Waals surface area (Å²) in [6.45, 7) is 12.7. The lowest BCUT2D eigenvalue weighted by molar-refractivity contribution is 0.104. The van der Waals surface area contributed by atoms with Crippen LogP contribution < -0.4 is 4.90 Å². The van der Waals surface area contributed by atoms with Gasteiger partial charge in [-0.15, -0.1) is 0 Å². The van der Waals surface area contributed by atoms with Gasteiger partial charge in [-0.1, -0.05) is 20.8 Å². The van der Waals surface area contributed by atoms with E-state index in [0.717, 1.165) is 43.6 Å². The van der Waals surface area contributed by atoms with Crippen molar-refractivity contribution < 1.29 is 9.47 Å². The Morgan fingerprint density at radius 2 is 2.09 bits per heavy atom. The van der Waals surface area contributed by atoms with Gasteiger partial charge in [-0.25, -0.2) is 9.97 Å². The van der Waals surface area contributed by atoms with E-state index in [1.807, 2.05) is 0 Å². The van der Waals surface area contributed by atoms with E-state index in [9.17, 15) is 0 Å². The van der Waals surface area contributed by atoms with Gasteiger partial charge >= 0.3 is 0 Å². The molecule has 1 atom stereocenters. The minimum absolute atomic E-state index is 0.0704. The van der Waals surface area contributed by atoms with Gasteiger partial charge in [-0.05, 0) is 25.7 Å². The lowest BCUT2D eigenvalue weighted by Crippen LogP contribution is -2.38. The summed E-state index contributed by atoms with van der Waals surface area (Å²) in [5.41, 5.74) is 0.883. The highest BCUT2D eigenvalue weighted by atomic mass is 16.5. The molecule has 0 aromatic carbocycles. The average molecular weight is 321 g/mol. The molecular weight excluding hydrogens is 290 g/mol. The summed E-state index contributed by atoms with van der Waals surface area (Å²) in [7, 11) is 1.71. The quantitative estimate of drug-likeness (QED) is 0.805. The summed E-state index contributed by atoms with van der Waals surface area (Å²) in [5, 5.41) is 0. The molecule has 1 aliphatic rings. The van der Waals surface area contributed by atoms with Gasteiger partial charge in [0.1, 0.15) is 11.6 Å². The van der Waals surface area contributed by atoms with Crippen molar-refractivity contribution in [3.05, 3.63) is 17.6 Å². The lowest BCUT2D eigenvalue weighted by Gasteiger charge is -2.34. The number of hydrogen-bond donors (Lipinski definition) is 0. The molecule has 0 radical (unpaired) electrons. The molecule has 2 rings (SSSR count). The second-order valence-electron chi connectivity index (χ2n) is 7.34. The van der Waals surface area contributed by atoms with Crippen LogP contribution >= 0.6 is 0 Å². The Bertz CT molecular complexity index is 500. The summed E-state index contributed by atoms with van der Waals surface area (Å²) < 4.78 is 10.9. The molecule has 0 amide bonds. The van der Waals surface area contributed by atoms with Crippen molar-refractivity contribution in [3.63, 3.8) is 0 Å². The van der Waals surface area contributed by atoms with Gasteiger partial charge in [0.25, 0.3) is 0 Å². The maximum absolute atomic E-state index is 5.62. The zero-order chi connectivity index (χ0) is 16.9. The molecule has 5 nitrogen and oxygen atoms in total. The topological polar surface area (TPSA) is 47.5 Å². The maximum atomic E-state index is 5.62. The second-order valence-corrected chi connectivity index (χ2v) is 7.34. The third-order valence-electron chi connectivity index (χ3n) is 4.13. The fourth-order valence-corrected chi connectivity index (χ4v) is 2.90. The highest BCUT2D eigenvalue weighted by molar-refractivity contribution is 5.41. The SMILES string of the molecule is CCOC[C@@H]1CCCN(c2cc(COC)nc(C(C)(C)C)n2)C1. The van der Waals surface area contributed by atoms with Gasteiger partial charge in [-0.2, -0.15) is 0 Å². The smallest absolute Gasteiger partial charge is 0.136 e. The lowest BCUT2D eigenvalue weighted by atomic mass is 9.95. The molecule has 130 valence electrons. The van der Waals surface area contributed by atoms with E-state index < -0.39 is 0 Å². The molecule has 1 aromatic rings. The molecule has 0 aliphatic carbocycles. The van der Waals surface area contributed by atoms with Crippen LogP contribution in [0.25, 0.3) is 0 Å². The first kappa shape index (κ1) is 18.1. The first-order chi connectivity index (χ1) is 10.9. The van der Waals surface area contributed by atoms with Gasteiger partial charge in [0, 0.05) is 38.3 Å². The number of nitrogens with zero attached hydrogens (tertiary/aromatic N) is 3. The highest BCUT2D eigenvalue weighted by Crippen LogP contribution is 2.26. The Morgan fingerprint density at radius 1 is 1.30 bits per heavy atom. The van der Waals surface area contributed by atoms with Gasteiger partial charge in [-0.3, -0.25) is 0 Å². The van der Waals surface area contributed by atoms with E-state index in [0.29, 0.717) is 12.5 Å². The Morgan fingerprint density at radius 3 is 2.74 bits per heavy atom. The zero-order valence-corrected chi connectivity index (χ0v) is 15.3. The summed E-state index contributed by atoms with van der Waals surface area (Å²) in [6.07, 6.45) is 2.42. The second kappa shape index (κ2) is 8.06. The number of hydrogen-bond acceptors (Lipinski definition) is 5. The van der Waals surface area contributed by atoms with Crippen molar-refractivity contribution in [2.45, 2.75) is 52.6 Å².